The van der Waals surface area contributed by atoms with E-state index in [-0.39, 0.29) is 30.1 Å². The van der Waals surface area contributed by atoms with Gasteiger partial charge < -0.3 is 4.57 Å². The van der Waals surface area contributed by atoms with Crippen LogP contribution in [0.1, 0.15) is 16.8 Å². The molecule has 5 aromatic rings. The van der Waals surface area contributed by atoms with Crippen molar-refractivity contribution in [2.45, 2.75) is 26.4 Å². The summed E-state index contributed by atoms with van der Waals surface area (Å²) in [5.41, 5.74) is 2.10. The van der Waals surface area contributed by atoms with Gasteiger partial charge in [0.15, 0.2) is 15.9 Å². The first-order valence-corrected chi connectivity index (χ1v) is 11.6. The first-order chi connectivity index (χ1) is 16.3. The molecular formula is C25H21BrFN5O2. The van der Waals surface area contributed by atoms with E-state index >= 15 is 0 Å². The molecule has 7 nitrogen and oxygen atoms in total. The van der Waals surface area contributed by atoms with E-state index in [1.165, 1.54) is 21.3 Å². The molecule has 0 atom stereocenters. The van der Waals surface area contributed by atoms with Crippen LogP contribution in [-0.2, 0) is 26.6 Å². The molecule has 0 aliphatic carbocycles. The Hall–Kier alpha value is -3.59. The van der Waals surface area contributed by atoms with Crippen molar-refractivity contribution in [3.63, 3.8) is 0 Å². The number of imidazole rings is 1. The number of halogens is 2. The van der Waals surface area contributed by atoms with Crippen LogP contribution in [0.3, 0.4) is 0 Å². The fourth-order valence-corrected chi connectivity index (χ4v) is 4.74. The van der Waals surface area contributed by atoms with Crippen LogP contribution >= 0.6 is 15.9 Å². The summed E-state index contributed by atoms with van der Waals surface area (Å²) in [5, 5.41) is 2.04. The normalized spacial score (nSPS) is 11.5. The third-order valence-corrected chi connectivity index (χ3v) is 6.76. The van der Waals surface area contributed by atoms with Crippen molar-refractivity contribution in [1.82, 2.24) is 23.7 Å². The number of aromatic nitrogens is 5. The molecule has 3 heterocycles. The summed E-state index contributed by atoms with van der Waals surface area (Å²) in [7, 11) is 1.59. The van der Waals surface area contributed by atoms with Crippen LogP contribution < -0.4 is 11.2 Å². The Kier molecular flexibility index (Phi) is 5.65. The zero-order valence-corrected chi connectivity index (χ0v) is 20.2. The fourth-order valence-electron chi connectivity index (χ4n) is 4.27. The maximum Gasteiger partial charge on any atom is 0.332 e. The maximum absolute atomic E-state index is 13.9. The molecule has 0 aliphatic rings. The minimum absolute atomic E-state index is 0.171. The number of rotatable bonds is 5. The highest BCUT2D eigenvalue weighted by Gasteiger charge is 2.20. The third-order valence-electron chi connectivity index (χ3n) is 6.15. The number of hydrogen-bond donors (Lipinski definition) is 0. The summed E-state index contributed by atoms with van der Waals surface area (Å²) in [4.78, 5) is 35.5. The van der Waals surface area contributed by atoms with Gasteiger partial charge in [0.1, 0.15) is 5.82 Å². The summed E-state index contributed by atoms with van der Waals surface area (Å²) < 4.78 is 18.5. The molecule has 0 bridgehead atoms. The van der Waals surface area contributed by atoms with Gasteiger partial charge in [0.2, 0.25) is 0 Å². The van der Waals surface area contributed by atoms with Crippen LogP contribution in [0.2, 0.25) is 0 Å². The highest BCUT2D eigenvalue weighted by Crippen LogP contribution is 2.21. The summed E-state index contributed by atoms with van der Waals surface area (Å²) in [6, 6.07) is 14.4. The van der Waals surface area contributed by atoms with Gasteiger partial charge in [-0.05, 0) is 57.6 Å². The van der Waals surface area contributed by atoms with E-state index in [0.29, 0.717) is 11.2 Å². The minimum atomic E-state index is -0.447. The first kappa shape index (κ1) is 22.2. The van der Waals surface area contributed by atoms with Gasteiger partial charge in [0.25, 0.3) is 5.56 Å². The van der Waals surface area contributed by atoms with Gasteiger partial charge in [-0.2, -0.15) is 0 Å². The largest absolute Gasteiger partial charge is 0.332 e. The van der Waals surface area contributed by atoms with E-state index in [1.807, 2.05) is 37.3 Å². The molecule has 0 spiro atoms. The van der Waals surface area contributed by atoms with E-state index < -0.39 is 11.2 Å². The van der Waals surface area contributed by atoms with Gasteiger partial charge in [0.05, 0.1) is 6.54 Å². The van der Waals surface area contributed by atoms with Gasteiger partial charge in [-0.3, -0.25) is 18.9 Å². The molecule has 0 saturated carbocycles. The topological polar surface area (TPSA) is 74.7 Å². The molecule has 0 amide bonds. The zero-order chi connectivity index (χ0) is 24.0. The van der Waals surface area contributed by atoms with Crippen LogP contribution in [0.4, 0.5) is 4.39 Å². The molecular weight excluding hydrogens is 501 g/mol. The number of pyridine rings is 1. The third kappa shape index (κ3) is 3.75. The van der Waals surface area contributed by atoms with E-state index in [1.54, 1.807) is 23.9 Å². The number of nitrogens with zero attached hydrogens (tertiary/aromatic N) is 5. The van der Waals surface area contributed by atoms with Gasteiger partial charge in [-0.25, -0.2) is 14.2 Å². The standard InChI is InChI=1S/C25H21BrFN5O2/c1-15-7-8-18(27)13-17(15)14-32-21-22(29-24(32)26)30(2)25(34)31(23(21)33)12-10-20-19-6-4-3-5-16(19)9-11-28-20/h3-9,11,13H,10,12,14H2,1-2H3. The Morgan fingerprint density at radius 1 is 1.06 bits per heavy atom. The van der Waals surface area contributed by atoms with Crippen molar-refractivity contribution in [1.29, 1.82) is 0 Å². The van der Waals surface area contributed by atoms with Crippen LogP contribution in [0.5, 0.6) is 0 Å². The van der Waals surface area contributed by atoms with Crippen molar-refractivity contribution >= 4 is 37.9 Å². The van der Waals surface area contributed by atoms with Gasteiger partial charge in [-0.1, -0.05) is 30.3 Å². The lowest BCUT2D eigenvalue weighted by molar-refractivity contribution is 0.596. The smallest absolute Gasteiger partial charge is 0.308 e. The minimum Gasteiger partial charge on any atom is -0.308 e. The maximum atomic E-state index is 13.9. The van der Waals surface area contributed by atoms with Gasteiger partial charge in [0, 0.05) is 37.3 Å². The van der Waals surface area contributed by atoms with Crippen LogP contribution in [0.25, 0.3) is 21.9 Å². The second-order valence-electron chi connectivity index (χ2n) is 8.24. The fraction of sp³-hybridized carbons (Fsp3) is 0.200. The molecule has 0 fully saturated rings. The summed E-state index contributed by atoms with van der Waals surface area (Å²) in [5.74, 6) is -0.353. The van der Waals surface area contributed by atoms with Gasteiger partial charge >= 0.3 is 5.69 Å². The lowest BCUT2D eigenvalue weighted by atomic mass is 10.1. The predicted molar refractivity (Wildman–Crippen MR) is 133 cm³/mol. The number of benzene rings is 2. The van der Waals surface area contributed by atoms with Gasteiger partial charge in [-0.15, -0.1) is 0 Å². The molecule has 3 aromatic heterocycles. The van der Waals surface area contributed by atoms with Crippen molar-refractivity contribution in [2.24, 2.45) is 7.05 Å². The predicted octanol–water partition coefficient (Wildman–Crippen LogP) is 3.95. The Bertz CT molecular complexity index is 1680. The quantitative estimate of drug-likeness (QED) is 0.328. The second kappa shape index (κ2) is 8.64. The molecule has 0 unspecified atom stereocenters. The molecule has 0 radical (unpaired) electrons. The van der Waals surface area contributed by atoms with Crippen LogP contribution in [0, 0.1) is 12.7 Å². The highest BCUT2D eigenvalue weighted by atomic mass is 79.9. The molecule has 0 N–H and O–H groups in total. The molecule has 5 rings (SSSR count). The molecule has 9 heteroatoms. The average Bonchev–Trinajstić information content (AvgIpc) is 3.16. The van der Waals surface area contributed by atoms with Crippen molar-refractivity contribution < 1.29 is 4.39 Å². The Labute approximate surface area is 202 Å². The van der Waals surface area contributed by atoms with E-state index in [2.05, 4.69) is 25.9 Å². The molecule has 172 valence electrons. The lowest BCUT2D eigenvalue weighted by Gasteiger charge is -2.12. The van der Waals surface area contributed by atoms with Crippen molar-refractivity contribution in [2.75, 3.05) is 0 Å². The first-order valence-electron chi connectivity index (χ1n) is 10.8. The average molecular weight is 522 g/mol. The number of aryl methyl sites for hydroxylation is 3. The SMILES string of the molecule is Cc1ccc(F)cc1Cn1c(Br)nc2c1c(=O)n(CCc1nccc3ccccc13)c(=O)n2C. The Morgan fingerprint density at radius 3 is 2.68 bits per heavy atom. The van der Waals surface area contributed by atoms with E-state index in [0.717, 1.165) is 27.6 Å². The number of fused-ring (bicyclic) bond motifs is 2. The van der Waals surface area contributed by atoms with Crippen molar-refractivity contribution in [3.05, 3.63) is 103 Å². The zero-order valence-electron chi connectivity index (χ0n) is 18.6. The van der Waals surface area contributed by atoms with Crippen molar-refractivity contribution in [3.8, 4) is 0 Å². The monoisotopic (exact) mass is 521 g/mol. The van der Waals surface area contributed by atoms with Crippen LogP contribution in [-0.4, -0.2) is 23.7 Å². The lowest BCUT2D eigenvalue weighted by Crippen LogP contribution is -2.40. The summed E-state index contributed by atoms with van der Waals surface area (Å²) >= 11 is 3.42. The van der Waals surface area contributed by atoms with E-state index in [9.17, 15) is 14.0 Å². The van der Waals surface area contributed by atoms with E-state index in [4.69, 9.17) is 0 Å². The molecule has 2 aromatic carbocycles. The second-order valence-corrected chi connectivity index (χ2v) is 8.95. The number of hydrogen-bond acceptors (Lipinski definition) is 4. The highest BCUT2D eigenvalue weighted by molar-refractivity contribution is 9.10. The summed E-state index contributed by atoms with van der Waals surface area (Å²) in [6.07, 6.45) is 2.15. The van der Waals surface area contributed by atoms with Crippen LogP contribution in [0.15, 0.2) is 69.1 Å². The molecule has 0 saturated heterocycles. The Morgan fingerprint density at radius 2 is 1.85 bits per heavy atom. The summed E-state index contributed by atoms with van der Waals surface area (Å²) in [6.45, 7) is 2.29. The molecule has 0 aliphatic heterocycles. The Balaban J connectivity index is 1.60. The molecule has 34 heavy (non-hydrogen) atoms.